The SMILES string of the molecule is COC(=O)c1cc(CCN2CCNCC2)c(OC)cc1O. The van der Waals surface area contributed by atoms with Crippen LogP contribution in [0, 0.1) is 0 Å². The van der Waals surface area contributed by atoms with E-state index < -0.39 is 5.97 Å². The molecule has 1 aromatic rings. The quantitative estimate of drug-likeness (QED) is 0.777. The number of carbonyl (C=O) groups excluding carboxylic acids is 1. The van der Waals surface area contributed by atoms with Crippen LogP contribution in [0.5, 0.6) is 11.5 Å². The molecule has 1 aliphatic rings. The summed E-state index contributed by atoms with van der Waals surface area (Å²) in [6.07, 6.45) is 0.757. The van der Waals surface area contributed by atoms with Gasteiger partial charge < -0.3 is 24.8 Å². The Bertz CT molecular complexity index is 499. The van der Waals surface area contributed by atoms with Crippen LogP contribution in [0.1, 0.15) is 15.9 Å². The minimum Gasteiger partial charge on any atom is -0.507 e. The van der Waals surface area contributed by atoms with Crippen molar-refractivity contribution in [2.24, 2.45) is 0 Å². The molecule has 0 atom stereocenters. The van der Waals surface area contributed by atoms with Gasteiger partial charge in [0.05, 0.1) is 14.2 Å². The summed E-state index contributed by atoms with van der Waals surface area (Å²) in [6.45, 7) is 4.93. The lowest BCUT2D eigenvalue weighted by Crippen LogP contribution is -2.44. The largest absolute Gasteiger partial charge is 0.507 e. The second-order valence-corrected chi connectivity index (χ2v) is 5.01. The molecule has 6 nitrogen and oxygen atoms in total. The summed E-state index contributed by atoms with van der Waals surface area (Å²) >= 11 is 0. The van der Waals surface area contributed by atoms with Crippen molar-refractivity contribution in [1.82, 2.24) is 10.2 Å². The van der Waals surface area contributed by atoms with Gasteiger partial charge >= 0.3 is 5.97 Å². The molecule has 0 saturated carbocycles. The Morgan fingerprint density at radius 2 is 2.05 bits per heavy atom. The predicted molar refractivity (Wildman–Crippen MR) is 79.0 cm³/mol. The fraction of sp³-hybridized carbons (Fsp3) is 0.533. The van der Waals surface area contributed by atoms with Gasteiger partial charge in [0.1, 0.15) is 17.1 Å². The van der Waals surface area contributed by atoms with E-state index in [0.717, 1.165) is 44.7 Å². The van der Waals surface area contributed by atoms with E-state index in [1.807, 2.05) is 0 Å². The summed E-state index contributed by atoms with van der Waals surface area (Å²) in [5.74, 6) is -0.0708. The average Bonchev–Trinajstić information content (AvgIpc) is 2.53. The van der Waals surface area contributed by atoms with Gasteiger partial charge in [-0.2, -0.15) is 0 Å². The Morgan fingerprint density at radius 3 is 2.67 bits per heavy atom. The number of nitrogens with one attached hydrogen (secondary N) is 1. The first kappa shape index (κ1) is 15.6. The third-order valence-corrected chi connectivity index (χ3v) is 3.71. The van der Waals surface area contributed by atoms with Crippen molar-refractivity contribution in [3.05, 3.63) is 23.3 Å². The molecule has 6 heteroatoms. The van der Waals surface area contributed by atoms with Crippen molar-refractivity contribution >= 4 is 5.97 Å². The van der Waals surface area contributed by atoms with E-state index in [2.05, 4.69) is 15.0 Å². The number of nitrogens with zero attached hydrogens (tertiary/aromatic N) is 1. The molecule has 0 unspecified atom stereocenters. The number of piperazine rings is 1. The number of rotatable bonds is 5. The van der Waals surface area contributed by atoms with E-state index in [0.29, 0.717) is 5.75 Å². The topological polar surface area (TPSA) is 71.0 Å². The minimum absolute atomic E-state index is 0.121. The second-order valence-electron chi connectivity index (χ2n) is 5.01. The Kier molecular flexibility index (Phi) is 5.41. The van der Waals surface area contributed by atoms with Gasteiger partial charge in [0.2, 0.25) is 0 Å². The number of hydrogen-bond donors (Lipinski definition) is 2. The summed E-state index contributed by atoms with van der Waals surface area (Å²) in [5, 5.41) is 13.2. The highest BCUT2D eigenvalue weighted by atomic mass is 16.5. The molecule has 0 aliphatic carbocycles. The van der Waals surface area contributed by atoms with Gasteiger partial charge in [0.25, 0.3) is 0 Å². The van der Waals surface area contributed by atoms with Gasteiger partial charge in [0, 0.05) is 38.8 Å². The lowest BCUT2D eigenvalue weighted by atomic mass is 10.0. The zero-order chi connectivity index (χ0) is 15.2. The van der Waals surface area contributed by atoms with Crippen LogP contribution in [-0.4, -0.2) is 62.9 Å². The fourth-order valence-corrected chi connectivity index (χ4v) is 2.49. The molecule has 2 rings (SSSR count). The molecule has 0 aromatic heterocycles. The summed E-state index contributed by atoms with van der Waals surface area (Å²) in [4.78, 5) is 14.0. The van der Waals surface area contributed by atoms with E-state index in [9.17, 15) is 9.90 Å². The maximum absolute atomic E-state index is 11.7. The van der Waals surface area contributed by atoms with Crippen LogP contribution in [0.25, 0.3) is 0 Å². The van der Waals surface area contributed by atoms with Gasteiger partial charge in [-0.25, -0.2) is 4.79 Å². The van der Waals surface area contributed by atoms with Gasteiger partial charge in [-0.1, -0.05) is 0 Å². The number of methoxy groups -OCH3 is 2. The Morgan fingerprint density at radius 1 is 1.33 bits per heavy atom. The van der Waals surface area contributed by atoms with Crippen LogP contribution in [0.3, 0.4) is 0 Å². The van der Waals surface area contributed by atoms with E-state index in [1.165, 1.54) is 13.2 Å². The summed E-state index contributed by atoms with van der Waals surface area (Å²) in [5.41, 5.74) is 1.07. The molecule has 116 valence electrons. The third-order valence-electron chi connectivity index (χ3n) is 3.71. The van der Waals surface area contributed by atoms with Crippen molar-refractivity contribution < 1.29 is 19.4 Å². The van der Waals surface area contributed by atoms with Crippen LogP contribution in [0.2, 0.25) is 0 Å². The van der Waals surface area contributed by atoms with Crippen LogP contribution in [0.4, 0.5) is 0 Å². The number of ether oxygens (including phenoxy) is 2. The fourth-order valence-electron chi connectivity index (χ4n) is 2.49. The van der Waals surface area contributed by atoms with Crippen molar-refractivity contribution in [3.8, 4) is 11.5 Å². The first-order chi connectivity index (χ1) is 10.2. The van der Waals surface area contributed by atoms with Gasteiger partial charge in [-0.3, -0.25) is 0 Å². The summed E-state index contributed by atoms with van der Waals surface area (Å²) in [7, 11) is 2.85. The highest BCUT2D eigenvalue weighted by Gasteiger charge is 2.17. The molecule has 0 bridgehead atoms. The minimum atomic E-state index is -0.543. The number of phenolic OH excluding ortho intramolecular Hbond substituents is 1. The highest BCUT2D eigenvalue weighted by molar-refractivity contribution is 5.92. The zero-order valence-corrected chi connectivity index (χ0v) is 12.5. The van der Waals surface area contributed by atoms with E-state index in [4.69, 9.17) is 4.74 Å². The van der Waals surface area contributed by atoms with E-state index in [-0.39, 0.29) is 11.3 Å². The number of benzene rings is 1. The first-order valence-electron chi connectivity index (χ1n) is 7.07. The number of esters is 1. The monoisotopic (exact) mass is 294 g/mol. The number of phenols is 1. The smallest absolute Gasteiger partial charge is 0.341 e. The molecule has 0 spiro atoms. The van der Waals surface area contributed by atoms with Crippen molar-refractivity contribution in [1.29, 1.82) is 0 Å². The zero-order valence-electron chi connectivity index (χ0n) is 12.5. The summed E-state index contributed by atoms with van der Waals surface area (Å²) in [6, 6.07) is 3.13. The maximum atomic E-state index is 11.7. The maximum Gasteiger partial charge on any atom is 0.341 e. The van der Waals surface area contributed by atoms with Crippen LogP contribution < -0.4 is 10.1 Å². The summed E-state index contributed by atoms with van der Waals surface area (Å²) < 4.78 is 9.97. The number of hydrogen-bond acceptors (Lipinski definition) is 6. The molecule has 0 amide bonds. The highest BCUT2D eigenvalue weighted by Crippen LogP contribution is 2.29. The standard InChI is InChI=1S/C15H22N2O4/c1-20-14-10-13(18)12(15(19)21-2)9-11(14)3-6-17-7-4-16-5-8-17/h9-10,16,18H,3-8H2,1-2H3. The Hall–Kier alpha value is -1.79. The van der Waals surface area contributed by atoms with Crippen LogP contribution >= 0.6 is 0 Å². The Balaban J connectivity index is 2.13. The first-order valence-corrected chi connectivity index (χ1v) is 7.07. The van der Waals surface area contributed by atoms with Gasteiger partial charge in [0.15, 0.2) is 0 Å². The number of aromatic hydroxyl groups is 1. The third kappa shape index (κ3) is 3.86. The van der Waals surface area contributed by atoms with Crippen LogP contribution in [-0.2, 0) is 11.2 Å². The van der Waals surface area contributed by atoms with E-state index >= 15 is 0 Å². The second kappa shape index (κ2) is 7.28. The van der Waals surface area contributed by atoms with Crippen molar-refractivity contribution in [3.63, 3.8) is 0 Å². The molecule has 1 aliphatic heterocycles. The Labute approximate surface area is 124 Å². The predicted octanol–water partition coefficient (Wildman–Crippen LogP) is 0.635. The van der Waals surface area contributed by atoms with E-state index in [1.54, 1.807) is 13.2 Å². The molecule has 21 heavy (non-hydrogen) atoms. The molecule has 1 aromatic carbocycles. The van der Waals surface area contributed by atoms with Crippen molar-refractivity contribution in [2.45, 2.75) is 6.42 Å². The lowest BCUT2D eigenvalue weighted by Gasteiger charge is -2.27. The average molecular weight is 294 g/mol. The van der Waals surface area contributed by atoms with Gasteiger partial charge in [-0.15, -0.1) is 0 Å². The molecular formula is C15H22N2O4. The molecule has 1 heterocycles. The molecule has 1 saturated heterocycles. The molecular weight excluding hydrogens is 272 g/mol. The molecule has 0 radical (unpaired) electrons. The van der Waals surface area contributed by atoms with Crippen molar-refractivity contribution in [2.75, 3.05) is 46.9 Å². The molecule has 2 N–H and O–H groups in total. The number of carbonyl (C=O) groups is 1. The lowest BCUT2D eigenvalue weighted by molar-refractivity contribution is 0.0597. The normalized spacial score (nSPS) is 15.7. The van der Waals surface area contributed by atoms with Crippen LogP contribution in [0.15, 0.2) is 12.1 Å². The van der Waals surface area contributed by atoms with Gasteiger partial charge in [-0.05, 0) is 18.1 Å². The molecule has 1 fully saturated rings.